The van der Waals surface area contributed by atoms with Gasteiger partial charge in [0.25, 0.3) is 0 Å². The number of carbonyl (C=O) groups is 1. The molecule has 2 fully saturated rings. The highest BCUT2D eigenvalue weighted by molar-refractivity contribution is 6.30. The molecular weight excluding hydrogens is 391 g/mol. The maximum absolute atomic E-state index is 12.8. The Labute approximate surface area is 175 Å². The van der Waals surface area contributed by atoms with Crippen LogP contribution in [0.4, 0.5) is 0 Å². The number of hydrogen-bond donors (Lipinski definition) is 1. The van der Waals surface area contributed by atoms with Crippen molar-refractivity contribution in [1.29, 1.82) is 5.26 Å². The predicted molar refractivity (Wildman–Crippen MR) is 111 cm³/mol. The molecule has 1 saturated heterocycles. The number of nitriles is 1. The Balaban J connectivity index is 1.73. The summed E-state index contributed by atoms with van der Waals surface area (Å²) >= 11 is 12.4. The second-order valence-corrected chi connectivity index (χ2v) is 8.78. The maximum atomic E-state index is 12.8. The summed E-state index contributed by atoms with van der Waals surface area (Å²) in [4.78, 5) is 12.8. The van der Waals surface area contributed by atoms with Crippen molar-refractivity contribution < 1.29 is 4.79 Å². The molecule has 1 unspecified atom stereocenters. The van der Waals surface area contributed by atoms with Gasteiger partial charge < -0.3 is 5.32 Å². The highest BCUT2D eigenvalue weighted by Gasteiger charge is 2.45. The number of halogens is 2. The van der Waals surface area contributed by atoms with Crippen LogP contribution >= 0.6 is 23.2 Å². The minimum atomic E-state index is -0.282. The minimum absolute atomic E-state index is 0.00978. The van der Waals surface area contributed by atoms with E-state index in [4.69, 9.17) is 28.5 Å². The Kier molecular flexibility index (Phi) is 5.62. The molecule has 1 saturated carbocycles. The van der Waals surface area contributed by atoms with Crippen LogP contribution in [0.1, 0.15) is 48.6 Å². The van der Waals surface area contributed by atoms with Crippen molar-refractivity contribution in [3.8, 4) is 6.07 Å². The van der Waals surface area contributed by atoms with Gasteiger partial charge in [0.15, 0.2) is 0 Å². The lowest BCUT2D eigenvalue weighted by molar-refractivity contribution is -0.128. The van der Waals surface area contributed by atoms with E-state index >= 15 is 0 Å². The van der Waals surface area contributed by atoms with Crippen LogP contribution in [0.5, 0.6) is 0 Å². The molecule has 4 atom stereocenters. The number of nitrogens with one attached hydrogen (secondary N) is 1. The lowest BCUT2D eigenvalue weighted by atomic mass is 9.71. The first-order chi connectivity index (χ1) is 13.6. The van der Waals surface area contributed by atoms with Crippen LogP contribution in [-0.2, 0) is 4.79 Å². The van der Waals surface area contributed by atoms with Crippen molar-refractivity contribution in [2.24, 2.45) is 11.8 Å². The normalized spacial score (nSPS) is 25.6. The molecule has 0 aromatic heterocycles. The molecule has 1 aliphatic carbocycles. The van der Waals surface area contributed by atoms with Gasteiger partial charge in [0, 0.05) is 34.3 Å². The molecule has 4 rings (SSSR count). The fraction of sp³-hybridized carbons (Fsp3) is 0.391. The molecule has 2 aliphatic rings. The van der Waals surface area contributed by atoms with Gasteiger partial charge in [-0.25, -0.2) is 0 Å². The van der Waals surface area contributed by atoms with Gasteiger partial charge in [-0.1, -0.05) is 47.5 Å². The highest BCUT2D eigenvalue weighted by atomic mass is 35.5. The quantitative estimate of drug-likeness (QED) is 0.685. The number of amides is 1. The third kappa shape index (κ3) is 4.04. The van der Waals surface area contributed by atoms with Crippen molar-refractivity contribution >= 4 is 29.1 Å². The van der Waals surface area contributed by atoms with Crippen molar-refractivity contribution in [2.75, 3.05) is 0 Å². The van der Waals surface area contributed by atoms with E-state index in [1.165, 1.54) is 18.4 Å². The summed E-state index contributed by atoms with van der Waals surface area (Å²) in [7, 11) is 0. The molecule has 5 heteroatoms. The molecule has 2 aromatic carbocycles. The Morgan fingerprint density at radius 3 is 2.50 bits per heavy atom. The summed E-state index contributed by atoms with van der Waals surface area (Å²) in [6, 6.07) is 18.0. The molecule has 3 nitrogen and oxygen atoms in total. The molecule has 1 amide bonds. The van der Waals surface area contributed by atoms with E-state index in [1.807, 2.05) is 30.3 Å². The van der Waals surface area contributed by atoms with Crippen LogP contribution < -0.4 is 5.32 Å². The van der Waals surface area contributed by atoms with E-state index in [2.05, 4.69) is 29.6 Å². The number of rotatable bonds is 5. The van der Waals surface area contributed by atoms with E-state index in [9.17, 15) is 4.79 Å². The summed E-state index contributed by atoms with van der Waals surface area (Å²) in [5.41, 5.74) is 2.34. The highest BCUT2D eigenvalue weighted by Crippen LogP contribution is 2.50. The number of piperidine rings is 1. The summed E-state index contributed by atoms with van der Waals surface area (Å²) in [6.07, 6.45) is 3.25. The molecule has 28 heavy (non-hydrogen) atoms. The fourth-order valence-corrected chi connectivity index (χ4v) is 4.89. The number of hydrogen-bond acceptors (Lipinski definition) is 2. The van der Waals surface area contributed by atoms with Crippen molar-refractivity contribution in [2.45, 2.75) is 43.6 Å². The van der Waals surface area contributed by atoms with E-state index in [0.29, 0.717) is 22.4 Å². The van der Waals surface area contributed by atoms with Crippen LogP contribution in [0.25, 0.3) is 0 Å². The maximum Gasteiger partial charge on any atom is 0.224 e. The van der Waals surface area contributed by atoms with Gasteiger partial charge in [-0.05, 0) is 60.6 Å². The van der Waals surface area contributed by atoms with E-state index in [1.54, 1.807) is 0 Å². The molecular formula is C23H22Cl2N2O. The lowest BCUT2D eigenvalue weighted by Gasteiger charge is -2.41. The zero-order valence-electron chi connectivity index (χ0n) is 15.4. The molecule has 2 aromatic rings. The Hall–Kier alpha value is -2.02. The van der Waals surface area contributed by atoms with Crippen LogP contribution in [0.3, 0.4) is 0 Å². The van der Waals surface area contributed by atoms with E-state index in [-0.39, 0.29) is 36.1 Å². The van der Waals surface area contributed by atoms with Crippen LogP contribution in [-0.4, -0.2) is 11.9 Å². The van der Waals surface area contributed by atoms with Crippen molar-refractivity contribution in [3.05, 3.63) is 69.7 Å². The van der Waals surface area contributed by atoms with Crippen LogP contribution in [0.2, 0.25) is 10.0 Å². The third-order valence-corrected chi connectivity index (χ3v) is 6.52. The van der Waals surface area contributed by atoms with Gasteiger partial charge in [-0.3, -0.25) is 4.79 Å². The Morgan fingerprint density at radius 2 is 1.86 bits per heavy atom. The minimum Gasteiger partial charge on any atom is -0.352 e. The van der Waals surface area contributed by atoms with Crippen LogP contribution in [0.15, 0.2) is 48.5 Å². The second kappa shape index (κ2) is 8.15. The lowest BCUT2D eigenvalue weighted by Crippen LogP contribution is -2.51. The van der Waals surface area contributed by atoms with Gasteiger partial charge in [0.05, 0.1) is 12.0 Å². The predicted octanol–water partition coefficient (Wildman–Crippen LogP) is 5.69. The first kappa shape index (κ1) is 19.3. The van der Waals surface area contributed by atoms with Crippen molar-refractivity contribution in [1.82, 2.24) is 5.32 Å². The zero-order valence-corrected chi connectivity index (χ0v) is 17.0. The SMILES string of the molecule is N#CC[C@H]1C[C@H](c2cccc(Cl)c2)[C@@H](C(c2ccc(Cl)cc2)C2CC2)NC1=O. The second-order valence-electron chi connectivity index (χ2n) is 7.91. The molecule has 0 radical (unpaired) electrons. The molecule has 1 heterocycles. The summed E-state index contributed by atoms with van der Waals surface area (Å²) in [6.45, 7) is 0. The molecule has 1 aliphatic heterocycles. The van der Waals surface area contributed by atoms with E-state index in [0.717, 1.165) is 5.56 Å². The molecule has 0 spiro atoms. The standard InChI is InChI=1S/C23H22Cl2N2O/c24-18-8-6-15(7-9-18)21(14-4-5-14)22-20(16-2-1-3-19(25)12-16)13-17(10-11-26)23(28)27-22/h1-3,6-9,12,14,17,20-22H,4-5,10,13H2,(H,27,28)/t17-,20+,21?,22-/m0/s1. The molecule has 0 bridgehead atoms. The number of carbonyl (C=O) groups excluding carboxylic acids is 1. The van der Waals surface area contributed by atoms with Gasteiger partial charge in [0.2, 0.25) is 5.91 Å². The van der Waals surface area contributed by atoms with Gasteiger partial charge in [-0.2, -0.15) is 5.26 Å². The smallest absolute Gasteiger partial charge is 0.224 e. The van der Waals surface area contributed by atoms with Gasteiger partial charge in [-0.15, -0.1) is 0 Å². The van der Waals surface area contributed by atoms with E-state index < -0.39 is 0 Å². The average molecular weight is 413 g/mol. The number of nitrogens with zero attached hydrogens (tertiary/aromatic N) is 1. The first-order valence-electron chi connectivity index (χ1n) is 9.75. The molecule has 1 N–H and O–H groups in total. The summed E-state index contributed by atoms with van der Waals surface area (Å²) in [5.74, 6) is 0.615. The zero-order chi connectivity index (χ0) is 19.7. The topological polar surface area (TPSA) is 52.9 Å². The monoisotopic (exact) mass is 412 g/mol. The Morgan fingerprint density at radius 1 is 1.11 bits per heavy atom. The molecule has 144 valence electrons. The van der Waals surface area contributed by atoms with Crippen molar-refractivity contribution in [3.63, 3.8) is 0 Å². The average Bonchev–Trinajstić information content (AvgIpc) is 3.51. The first-order valence-corrected chi connectivity index (χ1v) is 10.5. The summed E-state index contributed by atoms with van der Waals surface area (Å²) < 4.78 is 0. The van der Waals surface area contributed by atoms with Crippen LogP contribution in [0, 0.1) is 23.2 Å². The largest absolute Gasteiger partial charge is 0.352 e. The van der Waals surface area contributed by atoms with Gasteiger partial charge in [0.1, 0.15) is 0 Å². The summed E-state index contributed by atoms with van der Waals surface area (Å²) in [5, 5.41) is 13.8. The Bertz CT molecular complexity index is 902. The number of benzene rings is 2. The van der Waals surface area contributed by atoms with Gasteiger partial charge >= 0.3 is 0 Å². The third-order valence-electron chi connectivity index (χ3n) is 6.04. The fourth-order valence-electron chi connectivity index (χ4n) is 4.56.